The Morgan fingerprint density at radius 3 is 2.22 bits per heavy atom. The third-order valence-corrected chi connectivity index (χ3v) is 1.85. The Labute approximate surface area is 53.2 Å². The van der Waals surface area contributed by atoms with E-state index in [0.29, 0.717) is 6.54 Å². The van der Waals surface area contributed by atoms with Crippen LogP contribution in [-0.4, -0.2) is 18.1 Å². The summed E-state index contributed by atoms with van der Waals surface area (Å²) in [6.07, 6.45) is 0. The first-order chi connectivity index (χ1) is 4.18. The molecule has 50 valence electrons. The van der Waals surface area contributed by atoms with Gasteiger partial charge in [-0.15, -0.1) is 0 Å². The van der Waals surface area contributed by atoms with E-state index in [1.165, 1.54) is 0 Å². The summed E-state index contributed by atoms with van der Waals surface area (Å²) in [4.78, 5) is 21.1. The third-order valence-electron chi connectivity index (χ3n) is 1.85. The van der Waals surface area contributed by atoms with E-state index in [0.717, 1.165) is 0 Å². The van der Waals surface area contributed by atoms with E-state index in [1.807, 2.05) is 0 Å². The van der Waals surface area contributed by atoms with Crippen LogP contribution in [0.2, 0.25) is 0 Å². The Balaban J connectivity index is 2.61. The molecule has 3 nitrogen and oxygen atoms in total. The average Bonchev–Trinajstić information content (AvgIpc) is 1.89. The molecule has 0 aliphatic heterocycles. The molecule has 3 heteroatoms. The normalized spacial score (nSPS) is 34.4. The Bertz CT molecular complexity index is 164. The van der Waals surface area contributed by atoms with E-state index >= 15 is 0 Å². The Morgan fingerprint density at radius 2 is 2.00 bits per heavy atom. The van der Waals surface area contributed by atoms with E-state index in [2.05, 4.69) is 0 Å². The highest BCUT2D eigenvalue weighted by molar-refractivity contribution is 6.45. The summed E-state index contributed by atoms with van der Waals surface area (Å²) in [7, 11) is 0. The minimum absolute atomic E-state index is 0.123. The molecule has 0 spiro atoms. The molecule has 2 N–H and O–H groups in total. The van der Waals surface area contributed by atoms with Gasteiger partial charge in [-0.25, -0.2) is 0 Å². The minimum Gasteiger partial charge on any atom is -0.330 e. The molecular formula is C6H9NO2. The lowest BCUT2D eigenvalue weighted by atomic mass is 9.72. The molecule has 1 aliphatic carbocycles. The summed E-state index contributed by atoms with van der Waals surface area (Å²) >= 11 is 0. The number of carbonyl (C=O) groups excluding carboxylic acids is 2. The van der Waals surface area contributed by atoms with Crippen molar-refractivity contribution in [3.63, 3.8) is 0 Å². The molecule has 0 amide bonds. The number of carbonyl (C=O) groups is 2. The molecule has 1 rings (SSSR count). The van der Waals surface area contributed by atoms with Gasteiger partial charge in [-0.2, -0.15) is 0 Å². The zero-order valence-electron chi connectivity index (χ0n) is 5.26. The molecule has 2 unspecified atom stereocenters. The van der Waals surface area contributed by atoms with Crippen LogP contribution in [0.5, 0.6) is 0 Å². The monoisotopic (exact) mass is 127 g/mol. The molecule has 1 saturated carbocycles. The average molecular weight is 127 g/mol. The fourth-order valence-corrected chi connectivity index (χ4v) is 1.03. The second kappa shape index (κ2) is 1.92. The van der Waals surface area contributed by atoms with Gasteiger partial charge in [-0.3, -0.25) is 9.59 Å². The standard InChI is InChI=1S/C6H9NO2/c1-3-4(2-7)6(9)5(3)8/h3-4H,2,7H2,1H3. The molecule has 0 aromatic heterocycles. The fourth-order valence-electron chi connectivity index (χ4n) is 1.03. The van der Waals surface area contributed by atoms with Crippen LogP contribution >= 0.6 is 0 Å². The summed E-state index contributed by atoms with van der Waals surface area (Å²) in [6.45, 7) is 2.05. The van der Waals surface area contributed by atoms with Crippen molar-refractivity contribution < 1.29 is 9.59 Å². The van der Waals surface area contributed by atoms with Crippen molar-refractivity contribution in [2.45, 2.75) is 6.92 Å². The van der Waals surface area contributed by atoms with Crippen LogP contribution in [-0.2, 0) is 9.59 Å². The van der Waals surface area contributed by atoms with Crippen molar-refractivity contribution in [1.82, 2.24) is 0 Å². The Kier molecular flexibility index (Phi) is 1.37. The molecule has 1 aliphatic rings. The zero-order valence-corrected chi connectivity index (χ0v) is 5.26. The Morgan fingerprint density at radius 1 is 1.44 bits per heavy atom. The van der Waals surface area contributed by atoms with Crippen LogP contribution < -0.4 is 5.73 Å². The van der Waals surface area contributed by atoms with Crippen molar-refractivity contribution in [3.05, 3.63) is 0 Å². The molecule has 2 atom stereocenters. The van der Waals surface area contributed by atoms with Crippen LogP contribution in [0, 0.1) is 11.8 Å². The quantitative estimate of drug-likeness (QED) is 0.476. The first-order valence-corrected chi connectivity index (χ1v) is 2.96. The lowest BCUT2D eigenvalue weighted by Gasteiger charge is -2.28. The van der Waals surface area contributed by atoms with Crippen molar-refractivity contribution in [1.29, 1.82) is 0 Å². The van der Waals surface area contributed by atoms with Gasteiger partial charge in [-0.05, 0) is 0 Å². The highest BCUT2D eigenvalue weighted by Gasteiger charge is 2.44. The first-order valence-electron chi connectivity index (χ1n) is 2.96. The molecule has 0 saturated heterocycles. The minimum atomic E-state index is -0.287. The summed E-state index contributed by atoms with van der Waals surface area (Å²) in [5.41, 5.74) is 5.20. The van der Waals surface area contributed by atoms with Gasteiger partial charge in [0.05, 0.1) is 0 Å². The van der Waals surface area contributed by atoms with E-state index in [9.17, 15) is 9.59 Å². The van der Waals surface area contributed by atoms with Crippen LogP contribution in [0.4, 0.5) is 0 Å². The van der Waals surface area contributed by atoms with E-state index in [1.54, 1.807) is 6.92 Å². The van der Waals surface area contributed by atoms with Gasteiger partial charge >= 0.3 is 0 Å². The molecule has 0 heterocycles. The van der Waals surface area contributed by atoms with Crippen LogP contribution in [0.25, 0.3) is 0 Å². The smallest absolute Gasteiger partial charge is 0.203 e. The highest BCUT2D eigenvalue weighted by Crippen LogP contribution is 2.24. The summed E-state index contributed by atoms with van der Waals surface area (Å²) < 4.78 is 0. The van der Waals surface area contributed by atoms with E-state index in [4.69, 9.17) is 5.73 Å². The number of ketones is 2. The maximum absolute atomic E-state index is 10.6. The third kappa shape index (κ3) is 0.685. The number of rotatable bonds is 1. The molecule has 0 aromatic carbocycles. The van der Waals surface area contributed by atoms with Gasteiger partial charge in [0, 0.05) is 18.4 Å². The molecule has 1 fully saturated rings. The number of Topliss-reactive ketones (excluding diaryl/α,β-unsaturated/α-hetero) is 2. The molecule has 9 heavy (non-hydrogen) atoms. The number of nitrogens with two attached hydrogens (primary N) is 1. The van der Waals surface area contributed by atoms with Gasteiger partial charge in [0.25, 0.3) is 0 Å². The van der Waals surface area contributed by atoms with Crippen molar-refractivity contribution in [2.24, 2.45) is 17.6 Å². The molecule has 0 radical (unpaired) electrons. The summed E-state index contributed by atoms with van der Waals surface area (Å²) in [6, 6.07) is 0. The van der Waals surface area contributed by atoms with Crippen LogP contribution in [0.3, 0.4) is 0 Å². The van der Waals surface area contributed by atoms with Gasteiger partial charge in [0.15, 0.2) is 0 Å². The highest BCUT2D eigenvalue weighted by atomic mass is 16.2. The van der Waals surface area contributed by atoms with Crippen molar-refractivity contribution in [3.8, 4) is 0 Å². The number of hydrogen-bond donors (Lipinski definition) is 1. The van der Waals surface area contributed by atoms with Gasteiger partial charge in [-0.1, -0.05) is 6.92 Å². The lowest BCUT2D eigenvalue weighted by Crippen LogP contribution is -2.50. The second-order valence-electron chi connectivity index (χ2n) is 2.36. The molecule has 0 bridgehead atoms. The van der Waals surface area contributed by atoms with Crippen LogP contribution in [0.1, 0.15) is 6.92 Å². The second-order valence-corrected chi connectivity index (χ2v) is 2.36. The first kappa shape index (κ1) is 6.42. The van der Waals surface area contributed by atoms with Gasteiger partial charge < -0.3 is 5.73 Å². The van der Waals surface area contributed by atoms with E-state index in [-0.39, 0.29) is 23.4 Å². The molecular weight excluding hydrogens is 118 g/mol. The maximum Gasteiger partial charge on any atom is 0.203 e. The maximum atomic E-state index is 10.6. The largest absolute Gasteiger partial charge is 0.330 e. The van der Waals surface area contributed by atoms with Gasteiger partial charge in [0.1, 0.15) is 0 Å². The van der Waals surface area contributed by atoms with E-state index < -0.39 is 0 Å². The van der Waals surface area contributed by atoms with Crippen LogP contribution in [0.15, 0.2) is 0 Å². The van der Waals surface area contributed by atoms with Gasteiger partial charge in [0.2, 0.25) is 11.6 Å². The fraction of sp³-hybridized carbons (Fsp3) is 0.667. The lowest BCUT2D eigenvalue weighted by molar-refractivity contribution is -0.151. The number of hydrogen-bond acceptors (Lipinski definition) is 3. The summed E-state index contributed by atoms with van der Waals surface area (Å²) in [5.74, 6) is -0.851. The Hall–Kier alpha value is -0.700. The molecule has 0 aromatic rings. The zero-order chi connectivity index (χ0) is 7.02. The topological polar surface area (TPSA) is 60.2 Å². The predicted octanol–water partition coefficient (Wildman–Crippen LogP) is -0.651. The van der Waals surface area contributed by atoms with Crippen molar-refractivity contribution >= 4 is 11.6 Å². The summed E-state index contributed by atoms with van der Waals surface area (Å²) in [5, 5.41) is 0. The van der Waals surface area contributed by atoms with Crippen molar-refractivity contribution in [2.75, 3.05) is 6.54 Å². The predicted molar refractivity (Wildman–Crippen MR) is 31.7 cm³/mol. The SMILES string of the molecule is CC1C(=O)C(=O)C1CN.